The van der Waals surface area contributed by atoms with Crippen LogP contribution in [0.2, 0.25) is 0 Å². The number of esters is 1. The molecule has 3 aromatic carbocycles. The fourth-order valence-corrected chi connectivity index (χ4v) is 3.11. The van der Waals surface area contributed by atoms with Gasteiger partial charge in [0.25, 0.3) is 0 Å². The maximum atomic E-state index is 12.7. The zero-order valence-electron chi connectivity index (χ0n) is 14.3. The minimum atomic E-state index is -0.333. The number of carbonyl (C=O) groups excluding carboxylic acids is 1. The second kappa shape index (κ2) is 7.28. The summed E-state index contributed by atoms with van der Waals surface area (Å²) in [5.41, 5.74) is 4.59. The molecule has 0 aliphatic heterocycles. The Morgan fingerprint density at radius 1 is 0.885 bits per heavy atom. The van der Waals surface area contributed by atoms with E-state index in [4.69, 9.17) is 4.74 Å². The SMILES string of the molecule is O=C(OC1C=Cc2ccccc21)c1ccccc1NCc1ccccc1. The third kappa shape index (κ3) is 3.38. The summed E-state index contributed by atoms with van der Waals surface area (Å²) >= 11 is 0. The summed E-state index contributed by atoms with van der Waals surface area (Å²) in [5, 5.41) is 3.34. The summed E-state index contributed by atoms with van der Waals surface area (Å²) in [5.74, 6) is -0.326. The molecule has 0 radical (unpaired) electrons. The molecule has 1 atom stereocenters. The Hall–Kier alpha value is -3.33. The van der Waals surface area contributed by atoms with Gasteiger partial charge in [0.1, 0.15) is 6.10 Å². The molecule has 3 heteroatoms. The first-order valence-electron chi connectivity index (χ1n) is 8.66. The molecule has 0 bridgehead atoms. The van der Waals surface area contributed by atoms with Crippen molar-refractivity contribution in [1.29, 1.82) is 0 Å². The van der Waals surface area contributed by atoms with Crippen molar-refractivity contribution in [3.8, 4) is 0 Å². The second-order valence-electron chi connectivity index (χ2n) is 6.20. The first-order valence-corrected chi connectivity index (χ1v) is 8.66. The van der Waals surface area contributed by atoms with E-state index in [2.05, 4.69) is 5.32 Å². The van der Waals surface area contributed by atoms with Gasteiger partial charge in [-0.1, -0.05) is 72.8 Å². The number of rotatable bonds is 5. The Morgan fingerprint density at radius 2 is 1.62 bits per heavy atom. The predicted octanol–water partition coefficient (Wildman–Crippen LogP) is 5.22. The molecular formula is C23H19NO2. The molecule has 1 aliphatic rings. The highest BCUT2D eigenvalue weighted by Crippen LogP contribution is 2.32. The van der Waals surface area contributed by atoms with Crippen LogP contribution in [0.15, 0.2) is 84.9 Å². The zero-order valence-corrected chi connectivity index (χ0v) is 14.3. The number of para-hydroxylation sites is 1. The van der Waals surface area contributed by atoms with Crippen LogP contribution in [-0.4, -0.2) is 5.97 Å². The smallest absolute Gasteiger partial charge is 0.341 e. The molecule has 128 valence electrons. The van der Waals surface area contributed by atoms with Crippen molar-refractivity contribution in [1.82, 2.24) is 0 Å². The number of anilines is 1. The largest absolute Gasteiger partial charge is 0.450 e. The average molecular weight is 341 g/mol. The third-order valence-electron chi connectivity index (χ3n) is 4.46. The van der Waals surface area contributed by atoms with E-state index in [1.807, 2.05) is 84.9 Å². The van der Waals surface area contributed by atoms with Crippen molar-refractivity contribution in [3.63, 3.8) is 0 Å². The fraction of sp³-hybridized carbons (Fsp3) is 0.0870. The highest BCUT2D eigenvalue weighted by molar-refractivity contribution is 5.96. The average Bonchev–Trinajstić information content (AvgIpc) is 3.10. The topological polar surface area (TPSA) is 38.3 Å². The maximum absolute atomic E-state index is 12.7. The van der Waals surface area contributed by atoms with Gasteiger partial charge >= 0.3 is 5.97 Å². The Kier molecular flexibility index (Phi) is 4.52. The lowest BCUT2D eigenvalue weighted by atomic mass is 10.1. The van der Waals surface area contributed by atoms with Gasteiger partial charge in [0, 0.05) is 17.8 Å². The monoisotopic (exact) mass is 341 g/mol. The van der Waals surface area contributed by atoms with Crippen molar-refractivity contribution in [2.75, 3.05) is 5.32 Å². The van der Waals surface area contributed by atoms with E-state index >= 15 is 0 Å². The molecule has 0 amide bonds. The quantitative estimate of drug-likeness (QED) is 0.646. The van der Waals surface area contributed by atoms with Crippen LogP contribution in [-0.2, 0) is 11.3 Å². The summed E-state index contributed by atoms with van der Waals surface area (Å²) < 4.78 is 5.75. The minimum absolute atomic E-state index is 0.326. The van der Waals surface area contributed by atoms with Gasteiger partial charge in [-0.2, -0.15) is 0 Å². The van der Waals surface area contributed by atoms with E-state index in [0.29, 0.717) is 12.1 Å². The Labute approximate surface area is 152 Å². The Bertz CT molecular complexity index is 947. The van der Waals surface area contributed by atoms with E-state index < -0.39 is 0 Å². The number of benzene rings is 3. The van der Waals surface area contributed by atoms with Gasteiger partial charge < -0.3 is 10.1 Å². The molecule has 0 saturated heterocycles. The van der Waals surface area contributed by atoms with Crippen LogP contribution in [0, 0.1) is 0 Å². The summed E-state index contributed by atoms with van der Waals surface area (Å²) in [6.45, 7) is 0.650. The zero-order chi connectivity index (χ0) is 17.8. The minimum Gasteiger partial charge on any atom is -0.450 e. The molecule has 4 rings (SSSR count). The number of ether oxygens (including phenoxy) is 1. The first-order chi connectivity index (χ1) is 12.8. The van der Waals surface area contributed by atoms with Crippen LogP contribution in [0.1, 0.15) is 33.2 Å². The van der Waals surface area contributed by atoms with Crippen LogP contribution in [0.3, 0.4) is 0 Å². The lowest BCUT2D eigenvalue weighted by molar-refractivity contribution is 0.0398. The van der Waals surface area contributed by atoms with Crippen LogP contribution in [0.5, 0.6) is 0 Å². The molecule has 1 unspecified atom stereocenters. The van der Waals surface area contributed by atoms with Crippen LogP contribution in [0.25, 0.3) is 6.08 Å². The molecule has 3 aromatic rings. The highest BCUT2D eigenvalue weighted by Gasteiger charge is 2.22. The third-order valence-corrected chi connectivity index (χ3v) is 4.46. The molecule has 0 aromatic heterocycles. The number of hydrogen-bond donors (Lipinski definition) is 1. The van der Waals surface area contributed by atoms with Gasteiger partial charge in [-0.25, -0.2) is 4.79 Å². The van der Waals surface area contributed by atoms with E-state index in [1.54, 1.807) is 6.07 Å². The van der Waals surface area contributed by atoms with Crippen molar-refractivity contribution in [3.05, 3.63) is 107 Å². The van der Waals surface area contributed by atoms with Gasteiger partial charge in [-0.05, 0) is 29.3 Å². The molecule has 0 spiro atoms. The molecule has 0 saturated carbocycles. The van der Waals surface area contributed by atoms with Gasteiger partial charge in [-0.3, -0.25) is 0 Å². The van der Waals surface area contributed by atoms with E-state index in [-0.39, 0.29) is 12.1 Å². The maximum Gasteiger partial charge on any atom is 0.341 e. The molecule has 0 fully saturated rings. The number of fused-ring (bicyclic) bond motifs is 1. The van der Waals surface area contributed by atoms with Crippen molar-refractivity contribution >= 4 is 17.7 Å². The van der Waals surface area contributed by atoms with Crippen molar-refractivity contribution in [2.24, 2.45) is 0 Å². The van der Waals surface area contributed by atoms with Crippen LogP contribution < -0.4 is 5.32 Å². The lowest BCUT2D eigenvalue weighted by Gasteiger charge is -2.15. The van der Waals surface area contributed by atoms with Crippen LogP contribution in [0.4, 0.5) is 5.69 Å². The summed E-state index contributed by atoms with van der Waals surface area (Å²) in [4.78, 5) is 12.7. The normalized spacial score (nSPS) is 14.7. The van der Waals surface area contributed by atoms with Gasteiger partial charge in [0.15, 0.2) is 0 Å². The predicted molar refractivity (Wildman–Crippen MR) is 104 cm³/mol. The van der Waals surface area contributed by atoms with Crippen LogP contribution >= 0.6 is 0 Å². The molecule has 26 heavy (non-hydrogen) atoms. The molecule has 3 nitrogen and oxygen atoms in total. The van der Waals surface area contributed by atoms with Crippen molar-refractivity contribution in [2.45, 2.75) is 12.6 Å². The Balaban J connectivity index is 1.49. The van der Waals surface area contributed by atoms with Crippen molar-refractivity contribution < 1.29 is 9.53 Å². The summed E-state index contributed by atoms with van der Waals surface area (Å²) in [6.07, 6.45) is 3.58. The van der Waals surface area contributed by atoms with Gasteiger partial charge in [0.2, 0.25) is 0 Å². The van der Waals surface area contributed by atoms with Gasteiger partial charge in [-0.15, -0.1) is 0 Å². The summed E-state index contributed by atoms with van der Waals surface area (Å²) in [7, 11) is 0. The molecule has 0 heterocycles. The standard InChI is InChI=1S/C23H19NO2/c25-23(26-22-15-14-18-10-4-5-11-19(18)22)20-12-6-7-13-21(20)24-16-17-8-2-1-3-9-17/h1-15,22,24H,16H2. The summed E-state index contributed by atoms with van der Waals surface area (Å²) in [6, 6.07) is 25.5. The number of nitrogens with one attached hydrogen (secondary N) is 1. The highest BCUT2D eigenvalue weighted by atomic mass is 16.5. The lowest BCUT2D eigenvalue weighted by Crippen LogP contribution is -2.12. The van der Waals surface area contributed by atoms with E-state index in [1.165, 1.54) is 0 Å². The van der Waals surface area contributed by atoms with E-state index in [0.717, 1.165) is 22.4 Å². The molecule has 1 N–H and O–H groups in total. The van der Waals surface area contributed by atoms with Gasteiger partial charge in [0.05, 0.1) is 5.56 Å². The second-order valence-corrected chi connectivity index (χ2v) is 6.20. The molecule has 1 aliphatic carbocycles. The van der Waals surface area contributed by atoms with E-state index in [9.17, 15) is 4.79 Å². The Morgan fingerprint density at radius 3 is 2.50 bits per heavy atom. The first kappa shape index (κ1) is 16.2. The molecular weight excluding hydrogens is 322 g/mol. The number of hydrogen-bond acceptors (Lipinski definition) is 3. The fourth-order valence-electron chi connectivity index (χ4n) is 3.11. The number of carbonyl (C=O) groups is 1.